The summed E-state index contributed by atoms with van der Waals surface area (Å²) in [5, 5.41) is 9.93. The van der Waals surface area contributed by atoms with Gasteiger partial charge in [0, 0.05) is 23.9 Å². The van der Waals surface area contributed by atoms with Gasteiger partial charge in [0.15, 0.2) is 0 Å². The van der Waals surface area contributed by atoms with Gasteiger partial charge in [-0.15, -0.1) is 11.3 Å². The topological polar surface area (TPSA) is 53.4 Å². The Morgan fingerprint density at radius 3 is 2.75 bits per heavy atom. The van der Waals surface area contributed by atoms with E-state index < -0.39 is 5.97 Å². The molecule has 2 rings (SSSR count). The number of aromatic nitrogens is 1. The first-order valence-corrected chi connectivity index (χ1v) is 8.25. The van der Waals surface area contributed by atoms with Gasteiger partial charge in [0.2, 0.25) is 0 Å². The molecule has 112 valence electrons. The van der Waals surface area contributed by atoms with E-state index in [9.17, 15) is 4.79 Å². The van der Waals surface area contributed by atoms with Crippen molar-refractivity contribution in [3.05, 3.63) is 15.6 Å². The van der Waals surface area contributed by atoms with Crippen molar-refractivity contribution in [2.75, 3.05) is 13.6 Å². The summed E-state index contributed by atoms with van der Waals surface area (Å²) in [5.74, 6) is -0.775. The van der Waals surface area contributed by atoms with Crippen LogP contribution in [-0.2, 0) is 17.6 Å². The number of aliphatic carboxylic acids is 1. The highest BCUT2D eigenvalue weighted by Gasteiger charge is 2.18. The van der Waals surface area contributed by atoms with Gasteiger partial charge in [-0.05, 0) is 26.8 Å². The third kappa shape index (κ3) is 4.28. The smallest absolute Gasteiger partial charge is 0.308 e. The quantitative estimate of drug-likeness (QED) is 0.877. The first-order valence-electron chi connectivity index (χ1n) is 7.43. The third-order valence-electron chi connectivity index (χ3n) is 4.13. The number of likely N-dealkylation sites (N-methyl/N-ethyl adjacent to an activating group) is 1. The molecule has 4 nitrogen and oxygen atoms in total. The van der Waals surface area contributed by atoms with E-state index in [0.717, 1.165) is 34.6 Å². The van der Waals surface area contributed by atoms with Crippen LogP contribution in [0.3, 0.4) is 0 Å². The molecule has 1 aliphatic rings. The van der Waals surface area contributed by atoms with E-state index in [1.165, 1.54) is 32.1 Å². The largest absolute Gasteiger partial charge is 0.481 e. The fourth-order valence-corrected chi connectivity index (χ4v) is 3.92. The Hall–Kier alpha value is -0.940. The van der Waals surface area contributed by atoms with Crippen LogP contribution in [0, 0.1) is 6.92 Å². The predicted molar refractivity (Wildman–Crippen MR) is 81.4 cm³/mol. The Kier molecular flexibility index (Phi) is 5.54. The molecular weight excluding hydrogens is 272 g/mol. The lowest BCUT2D eigenvalue weighted by Gasteiger charge is -2.30. The zero-order valence-corrected chi connectivity index (χ0v) is 13.2. The summed E-state index contributed by atoms with van der Waals surface area (Å²) in [6, 6.07) is 0.725. The fourth-order valence-electron chi connectivity index (χ4n) is 2.87. The molecule has 1 heterocycles. The van der Waals surface area contributed by atoms with E-state index in [2.05, 4.69) is 16.9 Å². The SMILES string of the molecule is Cc1nc(CCN(C)C2CCCCC2)sc1CC(=O)O. The number of thiazole rings is 1. The lowest BCUT2D eigenvalue weighted by molar-refractivity contribution is -0.136. The average molecular weight is 296 g/mol. The molecule has 1 fully saturated rings. The number of rotatable bonds is 6. The van der Waals surface area contributed by atoms with Gasteiger partial charge in [-0.2, -0.15) is 0 Å². The summed E-state index contributed by atoms with van der Waals surface area (Å²) in [7, 11) is 2.20. The molecule has 1 saturated carbocycles. The van der Waals surface area contributed by atoms with Crippen LogP contribution in [0.5, 0.6) is 0 Å². The molecule has 0 bridgehead atoms. The van der Waals surface area contributed by atoms with E-state index in [1.54, 1.807) is 11.3 Å². The summed E-state index contributed by atoms with van der Waals surface area (Å²) in [5.41, 5.74) is 0.882. The standard InChI is InChI=1S/C15H24N2O2S/c1-11-13(10-15(18)19)20-14(16-11)8-9-17(2)12-6-4-3-5-7-12/h12H,3-10H2,1-2H3,(H,18,19). The van der Waals surface area contributed by atoms with Crippen molar-refractivity contribution in [3.8, 4) is 0 Å². The van der Waals surface area contributed by atoms with Crippen molar-refractivity contribution in [1.29, 1.82) is 0 Å². The summed E-state index contributed by atoms with van der Waals surface area (Å²) >= 11 is 1.56. The van der Waals surface area contributed by atoms with Gasteiger partial charge in [0.05, 0.1) is 17.1 Å². The first-order chi connectivity index (χ1) is 9.56. The van der Waals surface area contributed by atoms with Crippen LogP contribution in [0.1, 0.15) is 47.7 Å². The maximum absolute atomic E-state index is 10.8. The van der Waals surface area contributed by atoms with Crippen molar-refractivity contribution in [1.82, 2.24) is 9.88 Å². The molecule has 0 saturated heterocycles. The maximum atomic E-state index is 10.8. The zero-order chi connectivity index (χ0) is 14.5. The van der Waals surface area contributed by atoms with Gasteiger partial charge in [0.25, 0.3) is 0 Å². The number of aryl methyl sites for hydroxylation is 1. The fraction of sp³-hybridized carbons (Fsp3) is 0.733. The second-order valence-corrected chi connectivity index (χ2v) is 6.88. The molecule has 1 aromatic heterocycles. The molecular formula is C15H24N2O2S. The predicted octanol–water partition coefficient (Wildman–Crippen LogP) is 2.89. The highest BCUT2D eigenvalue weighted by Crippen LogP contribution is 2.23. The van der Waals surface area contributed by atoms with Crippen molar-refractivity contribution < 1.29 is 9.90 Å². The monoisotopic (exact) mass is 296 g/mol. The van der Waals surface area contributed by atoms with Crippen molar-refractivity contribution in [2.45, 2.75) is 57.9 Å². The van der Waals surface area contributed by atoms with Crippen LogP contribution in [-0.4, -0.2) is 40.6 Å². The van der Waals surface area contributed by atoms with E-state index in [1.807, 2.05) is 6.92 Å². The van der Waals surface area contributed by atoms with Crippen LogP contribution >= 0.6 is 11.3 Å². The highest BCUT2D eigenvalue weighted by molar-refractivity contribution is 7.11. The minimum Gasteiger partial charge on any atom is -0.481 e. The Bertz CT molecular complexity index is 453. The van der Waals surface area contributed by atoms with Gasteiger partial charge in [-0.3, -0.25) is 4.79 Å². The van der Waals surface area contributed by atoms with Crippen molar-refractivity contribution in [3.63, 3.8) is 0 Å². The lowest BCUT2D eigenvalue weighted by atomic mass is 9.94. The molecule has 0 unspecified atom stereocenters. The molecule has 0 radical (unpaired) electrons. The molecule has 0 atom stereocenters. The molecule has 20 heavy (non-hydrogen) atoms. The molecule has 5 heteroatoms. The molecule has 0 amide bonds. The van der Waals surface area contributed by atoms with Crippen LogP contribution in [0.4, 0.5) is 0 Å². The second kappa shape index (κ2) is 7.18. The van der Waals surface area contributed by atoms with Crippen LogP contribution < -0.4 is 0 Å². The minimum absolute atomic E-state index is 0.0992. The third-order valence-corrected chi connectivity index (χ3v) is 5.34. The normalized spacial score (nSPS) is 16.8. The molecule has 1 aliphatic carbocycles. The second-order valence-electron chi connectivity index (χ2n) is 5.71. The maximum Gasteiger partial charge on any atom is 0.308 e. The summed E-state index contributed by atoms with van der Waals surface area (Å²) < 4.78 is 0. The number of carboxylic acid groups (broad SMARTS) is 1. The van der Waals surface area contributed by atoms with E-state index in [4.69, 9.17) is 5.11 Å². The molecule has 0 aliphatic heterocycles. The van der Waals surface area contributed by atoms with Crippen LogP contribution in [0.25, 0.3) is 0 Å². The van der Waals surface area contributed by atoms with E-state index >= 15 is 0 Å². The van der Waals surface area contributed by atoms with E-state index in [0.29, 0.717) is 0 Å². The Labute approximate surface area is 124 Å². The Morgan fingerprint density at radius 1 is 1.40 bits per heavy atom. The van der Waals surface area contributed by atoms with Crippen molar-refractivity contribution >= 4 is 17.3 Å². The number of hydrogen-bond donors (Lipinski definition) is 1. The molecule has 0 spiro atoms. The number of nitrogens with zero attached hydrogens (tertiary/aromatic N) is 2. The Balaban J connectivity index is 1.85. The summed E-state index contributed by atoms with van der Waals surface area (Å²) in [4.78, 5) is 18.6. The zero-order valence-electron chi connectivity index (χ0n) is 12.4. The summed E-state index contributed by atoms with van der Waals surface area (Å²) in [6.45, 7) is 2.92. The first kappa shape index (κ1) is 15.4. The Morgan fingerprint density at radius 2 is 2.10 bits per heavy atom. The number of hydrogen-bond acceptors (Lipinski definition) is 4. The number of carbonyl (C=O) groups is 1. The lowest BCUT2D eigenvalue weighted by Crippen LogP contribution is -2.34. The van der Waals surface area contributed by atoms with Crippen LogP contribution in [0.2, 0.25) is 0 Å². The molecule has 1 aromatic rings. The van der Waals surface area contributed by atoms with Crippen LogP contribution in [0.15, 0.2) is 0 Å². The molecule has 1 N–H and O–H groups in total. The molecule has 0 aromatic carbocycles. The number of carboxylic acids is 1. The van der Waals surface area contributed by atoms with Gasteiger partial charge < -0.3 is 10.0 Å². The highest BCUT2D eigenvalue weighted by atomic mass is 32.1. The van der Waals surface area contributed by atoms with E-state index in [-0.39, 0.29) is 6.42 Å². The van der Waals surface area contributed by atoms with Gasteiger partial charge in [-0.1, -0.05) is 19.3 Å². The average Bonchev–Trinajstić information content (AvgIpc) is 2.77. The van der Waals surface area contributed by atoms with Gasteiger partial charge in [0.1, 0.15) is 0 Å². The van der Waals surface area contributed by atoms with Crippen molar-refractivity contribution in [2.24, 2.45) is 0 Å². The van der Waals surface area contributed by atoms with Gasteiger partial charge >= 0.3 is 5.97 Å². The summed E-state index contributed by atoms with van der Waals surface area (Å²) in [6.07, 6.45) is 7.76. The minimum atomic E-state index is -0.775. The van der Waals surface area contributed by atoms with Gasteiger partial charge in [-0.25, -0.2) is 4.98 Å².